The number of nitrogens with one attached hydrogen (secondary N) is 2. The predicted molar refractivity (Wildman–Crippen MR) is 123 cm³/mol. The fourth-order valence-electron chi connectivity index (χ4n) is 3.45. The molecule has 178 valence electrons. The predicted octanol–water partition coefficient (Wildman–Crippen LogP) is 3.04. The zero-order chi connectivity index (χ0) is 24.1. The Morgan fingerprint density at radius 2 is 1.82 bits per heavy atom. The number of anilines is 2. The number of sulfonamides is 1. The SMILES string of the molecule is O=C(COc1cccc(NC(=O)c2ccco2)c1)Nc1cc(S(=O)(=O)N2CCCC2)ccc1O. The van der Waals surface area contributed by atoms with Crippen molar-refractivity contribution in [3.63, 3.8) is 0 Å². The highest BCUT2D eigenvalue weighted by Gasteiger charge is 2.28. The first-order chi connectivity index (χ1) is 16.3. The molecule has 0 bridgehead atoms. The number of carbonyl (C=O) groups excluding carboxylic acids is 2. The normalized spacial score (nSPS) is 14.0. The molecule has 1 fully saturated rings. The number of furan rings is 1. The average molecular weight is 486 g/mol. The van der Waals surface area contributed by atoms with Crippen molar-refractivity contribution in [1.29, 1.82) is 0 Å². The van der Waals surface area contributed by atoms with Gasteiger partial charge in [-0.3, -0.25) is 9.59 Å². The lowest BCUT2D eigenvalue weighted by atomic mass is 10.3. The summed E-state index contributed by atoms with van der Waals surface area (Å²) in [7, 11) is -3.70. The number of phenols is 1. The molecule has 34 heavy (non-hydrogen) atoms. The summed E-state index contributed by atoms with van der Waals surface area (Å²) in [5, 5.41) is 15.2. The molecule has 10 nitrogen and oxygen atoms in total. The maximum Gasteiger partial charge on any atom is 0.291 e. The Labute approximate surface area is 196 Å². The van der Waals surface area contributed by atoms with Crippen LogP contribution in [0, 0.1) is 0 Å². The van der Waals surface area contributed by atoms with Gasteiger partial charge in [0.05, 0.1) is 16.8 Å². The smallest absolute Gasteiger partial charge is 0.291 e. The number of benzene rings is 2. The molecule has 1 saturated heterocycles. The Bertz CT molecular complexity index is 1280. The van der Waals surface area contributed by atoms with Crippen LogP contribution in [0.25, 0.3) is 0 Å². The highest BCUT2D eigenvalue weighted by atomic mass is 32.2. The number of nitrogens with zero attached hydrogens (tertiary/aromatic N) is 1. The van der Waals surface area contributed by atoms with Gasteiger partial charge in [-0.15, -0.1) is 0 Å². The van der Waals surface area contributed by atoms with Gasteiger partial charge in [0.2, 0.25) is 10.0 Å². The number of rotatable bonds is 8. The summed E-state index contributed by atoms with van der Waals surface area (Å²) in [5.41, 5.74) is 0.408. The Balaban J connectivity index is 1.37. The molecule has 4 rings (SSSR count). The number of hydrogen-bond acceptors (Lipinski definition) is 7. The molecule has 1 aliphatic rings. The summed E-state index contributed by atoms with van der Waals surface area (Å²) in [6, 6.07) is 13.3. The van der Waals surface area contributed by atoms with Gasteiger partial charge < -0.3 is 24.9 Å². The number of carbonyl (C=O) groups is 2. The van der Waals surface area contributed by atoms with Crippen molar-refractivity contribution >= 4 is 33.2 Å². The molecule has 1 aliphatic heterocycles. The van der Waals surface area contributed by atoms with E-state index in [1.54, 1.807) is 24.3 Å². The van der Waals surface area contributed by atoms with Crippen LogP contribution in [0.15, 0.2) is 70.2 Å². The van der Waals surface area contributed by atoms with Gasteiger partial charge in [-0.1, -0.05) is 6.07 Å². The van der Waals surface area contributed by atoms with Crippen molar-refractivity contribution < 1.29 is 32.3 Å². The highest BCUT2D eigenvalue weighted by Crippen LogP contribution is 2.29. The summed E-state index contributed by atoms with van der Waals surface area (Å²) in [6.07, 6.45) is 2.99. The first-order valence-corrected chi connectivity index (χ1v) is 12.0. The van der Waals surface area contributed by atoms with E-state index in [1.165, 1.54) is 40.9 Å². The van der Waals surface area contributed by atoms with E-state index < -0.39 is 28.4 Å². The molecule has 0 radical (unpaired) electrons. The lowest BCUT2D eigenvalue weighted by molar-refractivity contribution is -0.118. The average Bonchev–Trinajstić information content (AvgIpc) is 3.54. The van der Waals surface area contributed by atoms with Crippen molar-refractivity contribution in [2.24, 2.45) is 0 Å². The molecule has 0 spiro atoms. The molecule has 2 aromatic carbocycles. The third kappa shape index (κ3) is 5.38. The highest BCUT2D eigenvalue weighted by molar-refractivity contribution is 7.89. The molecule has 1 aromatic heterocycles. The van der Waals surface area contributed by atoms with Crippen molar-refractivity contribution in [3.8, 4) is 11.5 Å². The minimum atomic E-state index is -3.70. The van der Waals surface area contributed by atoms with Crippen LogP contribution in [-0.2, 0) is 14.8 Å². The maximum absolute atomic E-state index is 12.7. The quantitative estimate of drug-likeness (QED) is 0.417. The second-order valence-electron chi connectivity index (χ2n) is 7.59. The lowest BCUT2D eigenvalue weighted by Crippen LogP contribution is -2.28. The largest absolute Gasteiger partial charge is 0.506 e. The zero-order valence-electron chi connectivity index (χ0n) is 18.1. The molecular weight excluding hydrogens is 462 g/mol. The van der Waals surface area contributed by atoms with Crippen LogP contribution in [0.1, 0.15) is 23.4 Å². The van der Waals surface area contributed by atoms with E-state index in [0.717, 1.165) is 12.8 Å². The van der Waals surface area contributed by atoms with Gasteiger partial charge in [-0.05, 0) is 55.3 Å². The van der Waals surface area contributed by atoms with Crippen LogP contribution in [0.3, 0.4) is 0 Å². The molecule has 0 unspecified atom stereocenters. The van der Waals surface area contributed by atoms with Crippen LogP contribution in [0.2, 0.25) is 0 Å². The first-order valence-electron chi connectivity index (χ1n) is 10.5. The van der Waals surface area contributed by atoms with Crippen molar-refractivity contribution in [2.45, 2.75) is 17.7 Å². The standard InChI is InChI=1S/C23H23N3O7S/c27-20-9-8-18(34(30,31)26-10-1-2-11-26)14-19(20)25-22(28)15-33-17-6-3-5-16(13-17)24-23(29)21-7-4-12-32-21/h3-9,12-14,27H,1-2,10-11,15H2,(H,24,29)(H,25,28). The van der Waals surface area contributed by atoms with Crippen LogP contribution >= 0.6 is 0 Å². The van der Waals surface area contributed by atoms with Gasteiger partial charge in [0.15, 0.2) is 12.4 Å². The third-order valence-electron chi connectivity index (χ3n) is 5.15. The van der Waals surface area contributed by atoms with Crippen LogP contribution < -0.4 is 15.4 Å². The Hall–Kier alpha value is -3.83. The first kappa shape index (κ1) is 23.3. The Kier molecular flexibility index (Phi) is 6.85. The molecular formula is C23H23N3O7S. The molecule has 0 aliphatic carbocycles. The van der Waals surface area contributed by atoms with Gasteiger partial charge in [0, 0.05) is 24.8 Å². The number of aromatic hydroxyl groups is 1. The van der Waals surface area contributed by atoms with E-state index in [-0.39, 0.29) is 22.1 Å². The molecule has 11 heteroatoms. The Morgan fingerprint density at radius 3 is 2.56 bits per heavy atom. The fourth-order valence-corrected chi connectivity index (χ4v) is 5.00. The van der Waals surface area contributed by atoms with E-state index in [1.807, 2.05) is 0 Å². The van der Waals surface area contributed by atoms with E-state index in [4.69, 9.17) is 9.15 Å². The van der Waals surface area contributed by atoms with Crippen LogP contribution in [0.5, 0.6) is 11.5 Å². The summed E-state index contributed by atoms with van der Waals surface area (Å²) < 4.78 is 37.4. The van der Waals surface area contributed by atoms with Gasteiger partial charge in [-0.2, -0.15) is 4.31 Å². The third-order valence-corrected chi connectivity index (χ3v) is 7.05. The second kappa shape index (κ2) is 9.98. The number of phenolic OH excluding ortho intramolecular Hbond substituents is 1. The molecule has 3 N–H and O–H groups in total. The van der Waals surface area contributed by atoms with E-state index >= 15 is 0 Å². The van der Waals surface area contributed by atoms with Crippen molar-refractivity contribution in [1.82, 2.24) is 4.31 Å². The van der Waals surface area contributed by atoms with Crippen LogP contribution in [-0.4, -0.2) is 49.3 Å². The van der Waals surface area contributed by atoms with Crippen LogP contribution in [0.4, 0.5) is 11.4 Å². The monoisotopic (exact) mass is 485 g/mol. The Morgan fingerprint density at radius 1 is 1.03 bits per heavy atom. The molecule has 3 aromatic rings. The number of amides is 2. The van der Waals surface area contributed by atoms with E-state index in [2.05, 4.69) is 10.6 Å². The fraction of sp³-hybridized carbons (Fsp3) is 0.217. The number of hydrogen-bond donors (Lipinski definition) is 3. The summed E-state index contributed by atoms with van der Waals surface area (Å²) >= 11 is 0. The van der Waals surface area contributed by atoms with Gasteiger partial charge >= 0.3 is 0 Å². The van der Waals surface area contributed by atoms with E-state index in [9.17, 15) is 23.1 Å². The topological polar surface area (TPSA) is 138 Å². The summed E-state index contributed by atoms with van der Waals surface area (Å²) in [5.74, 6) is -0.826. The zero-order valence-corrected chi connectivity index (χ0v) is 18.9. The summed E-state index contributed by atoms with van der Waals surface area (Å²) in [6.45, 7) is 0.484. The van der Waals surface area contributed by atoms with Crippen molar-refractivity contribution in [2.75, 3.05) is 30.3 Å². The number of ether oxygens (including phenoxy) is 1. The van der Waals surface area contributed by atoms with Gasteiger partial charge in [0.1, 0.15) is 11.5 Å². The maximum atomic E-state index is 12.7. The minimum Gasteiger partial charge on any atom is -0.506 e. The van der Waals surface area contributed by atoms with Crippen molar-refractivity contribution in [3.05, 3.63) is 66.6 Å². The lowest BCUT2D eigenvalue weighted by Gasteiger charge is -2.17. The van der Waals surface area contributed by atoms with Gasteiger partial charge in [-0.25, -0.2) is 8.42 Å². The molecule has 0 saturated carbocycles. The van der Waals surface area contributed by atoms with E-state index in [0.29, 0.717) is 24.5 Å². The summed E-state index contributed by atoms with van der Waals surface area (Å²) in [4.78, 5) is 24.5. The molecule has 0 atom stereocenters. The second-order valence-corrected chi connectivity index (χ2v) is 9.52. The molecule has 2 heterocycles. The molecule has 2 amide bonds. The minimum absolute atomic E-state index is 0.0107. The van der Waals surface area contributed by atoms with Gasteiger partial charge in [0.25, 0.3) is 11.8 Å².